The molecule has 4 heteroatoms. The third-order valence-electron chi connectivity index (χ3n) is 4.01. The van der Waals surface area contributed by atoms with Gasteiger partial charge < -0.3 is 9.30 Å². The van der Waals surface area contributed by atoms with Crippen molar-refractivity contribution >= 4 is 10.8 Å². The molecule has 0 spiro atoms. The van der Waals surface area contributed by atoms with Crippen LogP contribution in [0.2, 0.25) is 0 Å². The molecule has 0 bridgehead atoms. The van der Waals surface area contributed by atoms with Crippen LogP contribution in [0, 0.1) is 12.7 Å². The first-order valence-electron chi connectivity index (χ1n) is 6.96. The number of benzene rings is 2. The fourth-order valence-electron chi connectivity index (χ4n) is 2.75. The predicted molar refractivity (Wildman–Crippen MR) is 85.9 cm³/mol. The van der Waals surface area contributed by atoms with Crippen LogP contribution in [0.15, 0.2) is 47.3 Å². The van der Waals surface area contributed by atoms with Gasteiger partial charge >= 0.3 is 0 Å². The van der Waals surface area contributed by atoms with Gasteiger partial charge in [0.2, 0.25) is 0 Å². The number of halogens is 1. The van der Waals surface area contributed by atoms with E-state index in [1.54, 1.807) is 36.9 Å². The summed E-state index contributed by atoms with van der Waals surface area (Å²) in [6.07, 6.45) is 0. The van der Waals surface area contributed by atoms with E-state index in [1.807, 2.05) is 19.1 Å². The van der Waals surface area contributed by atoms with E-state index in [9.17, 15) is 9.18 Å². The van der Waals surface area contributed by atoms with Gasteiger partial charge in [0.15, 0.2) is 0 Å². The first kappa shape index (κ1) is 14.3. The average molecular weight is 297 g/mol. The lowest BCUT2D eigenvalue weighted by molar-refractivity contribution is 0.415. The zero-order valence-electron chi connectivity index (χ0n) is 12.7. The Balaban J connectivity index is 2.49. The maximum absolute atomic E-state index is 13.6. The molecule has 0 amide bonds. The van der Waals surface area contributed by atoms with E-state index in [4.69, 9.17) is 4.74 Å². The van der Waals surface area contributed by atoms with Crippen LogP contribution >= 0.6 is 0 Å². The Labute approximate surface area is 127 Å². The van der Waals surface area contributed by atoms with Crippen molar-refractivity contribution in [2.24, 2.45) is 7.05 Å². The number of methoxy groups -OCH3 is 1. The Hall–Kier alpha value is -2.62. The van der Waals surface area contributed by atoms with Gasteiger partial charge in [-0.2, -0.15) is 0 Å². The van der Waals surface area contributed by atoms with Gasteiger partial charge in [0.25, 0.3) is 5.56 Å². The van der Waals surface area contributed by atoms with Crippen molar-refractivity contribution in [1.82, 2.24) is 4.57 Å². The molecule has 0 unspecified atom stereocenters. The molecular weight excluding hydrogens is 281 g/mol. The van der Waals surface area contributed by atoms with Gasteiger partial charge in [-0.15, -0.1) is 0 Å². The van der Waals surface area contributed by atoms with Gasteiger partial charge in [0.1, 0.15) is 11.6 Å². The van der Waals surface area contributed by atoms with Crippen molar-refractivity contribution < 1.29 is 9.13 Å². The zero-order valence-corrected chi connectivity index (χ0v) is 12.7. The fraction of sp³-hybridized carbons (Fsp3) is 0.167. The van der Waals surface area contributed by atoms with Crippen LogP contribution in [0.5, 0.6) is 5.75 Å². The molecule has 0 atom stereocenters. The van der Waals surface area contributed by atoms with Gasteiger partial charge in [-0.3, -0.25) is 4.79 Å². The quantitative estimate of drug-likeness (QED) is 0.723. The van der Waals surface area contributed by atoms with E-state index >= 15 is 0 Å². The molecule has 22 heavy (non-hydrogen) atoms. The monoisotopic (exact) mass is 297 g/mol. The Bertz CT molecular complexity index is 928. The largest absolute Gasteiger partial charge is 0.497 e. The van der Waals surface area contributed by atoms with Crippen molar-refractivity contribution in [1.29, 1.82) is 0 Å². The fourth-order valence-corrected chi connectivity index (χ4v) is 2.75. The number of hydrogen-bond donors (Lipinski definition) is 0. The summed E-state index contributed by atoms with van der Waals surface area (Å²) in [5, 5.41) is 1.36. The van der Waals surface area contributed by atoms with Crippen LogP contribution in [-0.4, -0.2) is 11.7 Å². The number of rotatable bonds is 2. The summed E-state index contributed by atoms with van der Waals surface area (Å²) < 4.78 is 20.5. The third-order valence-corrected chi connectivity index (χ3v) is 4.01. The van der Waals surface area contributed by atoms with Gasteiger partial charge in [0, 0.05) is 29.1 Å². The summed E-state index contributed by atoms with van der Waals surface area (Å²) in [6, 6.07) is 11.7. The van der Waals surface area contributed by atoms with Crippen molar-refractivity contribution in [3.8, 4) is 16.9 Å². The number of nitrogens with zero attached hydrogens (tertiary/aromatic N) is 1. The lowest BCUT2D eigenvalue weighted by atomic mass is 9.97. The SMILES string of the molecule is COc1ccc2c(=O)n(C)c(C)c(-c3cccc(F)c3)c2c1. The van der Waals surface area contributed by atoms with Crippen LogP contribution in [0.25, 0.3) is 21.9 Å². The summed E-state index contributed by atoms with van der Waals surface area (Å²) in [5.74, 6) is 0.361. The number of hydrogen-bond acceptors (Lipinski definition) is 2. The van der Waals surface area contributed by atoms with Crippen LogP contribution in [-0.2, 0) is 7.05 Å². The topological polar surface area (TPSA) is 31.2 Å². The minimum absolute atomic E-state index is 0.0738. The normalized spacial score (nSPS) is 10.9. The smallest absolute Gasteiger partial charge is 0.258 e. The molecule has 3 nitrogen and oxygen atoms in total. The van der Waals surface area contributed by atoms with Gasteiger partial charge in [0.05, 0.1) is 7.11 Å². The Morgan fingerprint density at radius 3 is 2.55 bits per heavy atom. The van der Waals surface area contributed by atoms with E-state index in [0.717, 1.165) is 22.2 Å². The molecule has 0 saturated heterocycles. The van der Waals surface area contributed by atoms with Crippen molar-refractivity contribution in [2.75, 3.05) is 7.11 Å². The minimum Gasteiger partial charge on any atom is -0.497 e. The number of pyridine rings is 1. The molecule has 3 aromatic rings. The molecular formula is C18H16FNO2. The van der Waals surface area contributed by atoms with E-state index in [2.05, 4.69) is 0 Å². The molecule has 2 aromatic carbocycles. The summed E-state index contributed by atoms with van der Waals surface area (Å²) >= 11 is 0. The Morgan fingerprint density at radius 2 is 1.86 bits per heavy atom. The van der Waals surface area contributed by atoms with Crippen LogP contribution in [0.4, 0.5) is 4.39 Å². The number of aromatic nitrogens is 1. The van der Waals surface area contributed by atoms with Gasteiger partial charge in [-0.25, -0.2) is 4.39 Å². The maximum atomic E-state index is 13.6. The van der Waals surface area contributed by atoms with Crippen molar-refractivity contribution in [3.05, 3.63) is 64.3 Å². The second kappa shape index (κ2) is 5.30. The van der Waals surface area contributed by atoms with E-state index in [-0.39, 0.29) is 11.4 Å². The van der Waals surface area contributed by atoms with Crippen LogP contribution < -0.4 is 10.3 Å². The lowest BCUT2D eigenvalue weighted by Gasteiger charge is -2.15. The molecule has 0 aliphatic rings. The second-order valence-electron chi connectivity index (χ2n) is 5.25. The van der Waals surface area contributed by atoms with Crippen LogP contribution in [0.3, 0.4) is 0 Å². The zero-order chi connectivity index (χ0) is 15.9. The Kier molecular flexibility index (Phi) is 3.45. The summed E-state index contributed by atoms with van der Waals surface area (Å²) in [5.41, 5.74) is 2.30. The Morgan fingerprint density at radius 1 is 1.09 bits per heavy atom. The molecule has 112 valence electrons. The second-order valence-corrected chi connectivity index (χ2v) is 5.25. The van der Waals surface area contributed by atoms with Crippen molar-refractivity contribution in [2.45, 2.75) is 6.92 Å². The lowest BCUT2D eigenvalue weighted by Crippen LogP contribution is -2.20. The van der Waals surface area contributed by atoms with E-state index < -0.39 is 0 Å². The predicted octanol–water partition coefficient (Wildman–Crippen LogP) is 3.66. The molecule has 0 fully saturated rings. The number of ether oxygens (including phenoxy) is 1. The first-order chi connectivity index (χ1) is 10.5. The highest BCUT2D eigenvalue weighted by Crippen LogP contribution is 2.32. The maximum Gasteiger partial charge on any atom is 0.258 e. The molecule has 0 saturated carbocycles. The number of fused-ring (bicyclic) bond motifs is 1. The summed E-state index contributed by atoms with van der Waals surface area (Å²) in [4.78, 5) is 12.4. The molecule has 0 aliphatic carbocycles. The minimum atomic E-state index is -0.304. The summed E-state index contributed by atoms with van der Waals surface area (Å²) in [6.45, 7) is 1.86. The molecule has 1 heterocycles. The first-order valence-corrected chi connectivity index (χ1v) is 6.96. The van der Waals surface area contributed by atoms with Crippen LogP contribution in [0.1, 0.15) is 5.69 Å². The third kappa shape index (κ3) is 2.17. The molecule has 3 rings (SSSR count). The summed E-state index contributed by atoms with van der Waals surface area (Å²) in [7, 11) is 3.31. The van der Waals surface area contributed by atoms with E-state index in [0.29, 0.717) is 11.1 Å². The average Bonchev–Trinajstić information content (AvgIpc) is 2.52. The van der Waals surface area contributed by atoms with E-state index in [1.165, 1.54) is 12.1 Å². The molecule has 0 N–H and O–H groups in total. The standard InChI is InChI=1S/C18H16FNO2/c1-11-17(12-5-4-6-13(19)9-12)16-10-14(22-3)7-8-15(16)18(21)20(11)2/h4-10H,1-3H3. The highest BCUT2D eigenvalue weighted by atomic mass is 19.1. The molecule has 0 aliphatic heterocycles. The highest BCUT2D eigenvalue weighted by Gasteiger charge is 2.14. The highest BCUT2D eigenvalue weighted by molar-refractivity contribution is 5.98. The van der Waals surface area contributed by atoms with Gasteiger partial charge in [-0.1, -0.05) is 12.1 Å². The van der Waals surface area contributed by atoms with Crippen molar-refractivity contribution in [3.63, 3.8) is 0 Å². The molecule has 0 radical (unpaired) electrons. The van der Waals surface area contributed by atoms with Gasteiger partial charge in [-0.05, 0) is 42.8 Å². The molecule has 1 aromatic heterocycles.